The summed E-state index contributed by atoms with van der Waals surface area (Å²) in [5, 5.41) is 6.27. The number of carbonyl (C=O) groups is 2. The molecule has 1 saturated carbocycles. The van der Waals surface area contributed by atoms with Crippen molar-refractivity contribution in [2.45, 2.75) is 49.2 Å². The summed E-state index contributed by atoms with van der Waals surface area (Å²) in [5.74, 6) is -2.36. The second kappa shape index (κ2) is 14.3. The molecule has 9 nitrogen and oxygen atoms in total. The molecule has 2 atom stereocenters. The number of aliphatic imine (C=N–C) groups is 1. The molecule has 1 amide bonds. The first-order chi connectivity index (χ1) is 20.3. The zero-order chi connectivity index (χ0) is 31.2. The number of amidine groups is 1. The number of hydrogen-bond acceptors (Lipinski definition) is 8. The number of benzene rings is 2. The van der Waals surface area contributed by atoms with Crippen molar-refractivity contribution in [3.8, 4) is 0 Å². The van der Waals surface area contributed by atoms with Gasteiger partial charge in [-0.1, -0.05) is 60.0 Å². The lowest BCUT2D eigenvalue weighted by atomic mass is 9.85. The van der Waals surface area contributed by atoms with Crippen LogP contribution in [0.2, 0.25) is 10.0 Å². The molecule has 1 aliphatic carbocycles. The first-order valence-electron chi connectivity index (χ1n) is 13.7. The minimum Gasteiger partial charge on any atom is -0.369 e. The number of ether oxygens (including phenoxy) is 1. The highest BCUT2D eigenvalue weighted by atomic mass is 35.5. The Labute approximate surface area is 257 Å². The molecule has 1 fully saturated rings. The van der Waals surface area contributed by atoms with Gasteiger partial charge in [0.15, 0.2) is 9.84 Å². The molecule has 0 radical (unpaired) electrons. The lowest BCUT2D eigenvalue weighted by molar-refractivity contribution is -0.193. The van der Waals surface area contributed by atoms with Gasteiger partial charge in [0, 0.05) is 31.2 Å². The van der Waals surface area contributed by atoms with Gasteiger partial charge >= 0.3 is 18.2 Å². The van der Waals surface area contributed by atoms with Crippen molar-refractivity contribution in [2.24, 2.45) is 10.9 Å². The first kappa shape index (κ1) is 33.0. The third kappa shape index (κ3) is 9.07. The number of amides is 1. The van der Waals surface area contributed by atoms with Crippen LogP contribution in [-0.2, 0) is 25.8 Å². The molecule has 43 heavy (non-hydrogen) atoms. The van der Waals surface area contributed by atoms with E-state index in [1.807, 2.05) is 24.3 Å². The fourth-order valence-corrected chi connectivity index (χ4v) is 7.12. The lowest BCUT2D eigenvalue weighted by Crippen LogP contribution is -2.44. The molecule has 2 aromatic rings. The van der Waals surface area contributed by atoms with Crippen LogP contribution < -0.4 is 10.6 Å². The molecule has 4 rings (SSSR count). The summed E-state index contributed by atoms with van der Waals surface area (Å²) in [5.41, 5.74) is 1.73. The highest BCUT2D eigenvalue weighted by molar-refractivity contribution is 7.91. The molecule has 1 heterocycles. The zero-order valence-corrected chi connectivity index (χ0v) is 25.3. The van der Waals surface area contributed by atoms with E-state index in [0.717, 1.165) is 28.4 Å². The van der Waals surface area contributed by atoms with E-state index in [1.54, 1.807) is 0 Å². The Morgan fingerprint density at radius 3 is 2.53 bits per heavy atom. The van der Waals surface area contributed by atoms with Gasteiger partial charge in [-0.05, 0) is 49.3 Å². The van der Waals surface area contributed by atoms with Crippen molar-refractivity contribution in [1.29, 1.82) is 0 Å². The topological polar surface area (TPSA) is 117 Å². The van der Waals surface area contributed by atoms with Crippen molar-refractivity contribution in [3.63, 3.8) is 0 Å². The molecule has 0 aromatic heterocycles. The van der Waals surface area contributed by atoms with E-state index in [0.29, 0.717) is 38.6 Å². The standard InChI is InChI=1S/C28H31Cl2F3N4O5S/c29-22-5-2-6-23(24(22)30)43(40,41)17-36-21-4-1-3-19(15-21)16-37(27(39)42-26(38)28(31,32)33)14-11-18-7-9-20(10-8-18)25-34-12-13-35-25/h2,5-10,19,21,36H,1,3-4,11-17H2,(H,34,35). The fourth-order valence-electron chi connectivity index (χ4n) is 5.13. The molecule has 2 aliphatic rings. The lowest BCUT2D eigenvalue weighted by Gasteiger charge is -2.33. The average molecular weight is 664 g/mol. The molecule has 0 bridgehead atoms. The van der Waals surface area contributed by atoms with Gasteiger partial charge < -0.3 is 20.3 Å². The number of hydrogen-bond donors (Lipinski definition) is 2. The van der Waals surface area contributed by atoms with Gasteiger partial charge in [-0.3, -0.25) is 4.99 Å². The van der Waals surface area contributed by atoms with E-state index in [9.17, 15) is 31.2 Å². The van der Waals surface area contributed by atoms with Crippen molar-refractivity contribution >= 4 is 50.9 Å². The van der Waals surface area contributed by atoms with Crippen LogP contribution in [0.15, 0.2) is 52.4 Å². The molecule has 2 unspecified atom stereocenters. The van der Waals surface area contributed by atoms with E-state index < -0.39 is 34.0 Å². The third-order valence-corrected chi connectivity index (χ3v) is 9.80. The zero-order valence-electron chi connectivity index (χ0n) is 23.0. The Morgan fingerprint density at radius 1 is 1.12 bits per heavy atom. The molecule has 0 spiro atoms. The quantitative estimate of drug-likeness (QED) is 0.272. The van der Waals surface area contributed by atoms with Crippen molar-refractivity contribution < 1.29 is 35.9 Å². The van der Waals surface area contributed by atoms with Crippen LogP contribution in [0.3, 0.4) is 0 Å². The molecular formula is C28H31Cl2F3N4O5S. The van der Waals surface area contributed by atoms with E-state index in [2.05, 4.69) is 20.4 Å². The van der Waals surface area contributed by atoms with Crippen LogP contribution >= 0.6 is 23.2 Å². The monoisotopic (exact) mass is 662 g/mol. The number of rotatable bonds is 10. The number of alkyl halides is 3. The van der Waals surface area contributed by atoms with Gasteiger partial charge in [-0.2, -0.15) is 13.2 Å². The molecule has 2 N–H and O–H groups in total. The number of carbonyl (C=O) groups excluding carboxylic acids is 2. The molecule has 2 aromatic carbocycles. The Balaban J connectivity index is 1.39. The minimum absolute atomic E-state index is 0.0127. The Kier molecular flexibility index (Phi) is 11.0. The summed E-state index contributed by atoms with van der Waals surface area (Å²) in [7, 11) is -3.81. The smallest absolute Gasteiger partial charge is 0.369 e. The van der Waals surface area contributed by atoms with Gasteiger partial charge in [-0.25, -0.2) is 18.0 Å². The van der Waals surface area contributed by atoms with Crippen LogP contribution in [0.1, 0.15) is 36.8 Å². The maximum Gasteiger partial charge on any atom is 0.491 e. The number of esters is 1. The largest absolute Gasteiger partial charge is 0.491 e. The number of nitrogens with zero attached hydrogens (tertiary/aromatic N) is 2. The second-order valence-electron chi connectivity index (χ2n) is 10.4. The second-order valence-corrected chi connectivity index (χ2v) is 13.2. The van der Waals surface area contributed by atoms with Crippen LogP contribution in [0, 0.1) is 5.92 Å². The first-order valence-corrected chi connectivity index (χ1v) is 16.1. The normalized spacial score (nSPS) is 19.0. The Bertz CT molecular complexity index is 1460. The summed E-state index contributed by atoms with van der Waals surface area (Å²) in [6.07, 6.45) is -3.90. The maximum atomic E-state index is 12.9. The van der Waals surface area contributed by atoms with Gasteiger partial charge in [0.1, 0.15) is 11.7 Å². The predicted molar refractivity (Wildman–Crippen MR) is 156 cm³/mol. The summed E-state index contributed by atoms with van der Waals surface area (Å²) in [6, 6.07) is 11.5. The van der Waals surface area contributed by atoms with Gasteiger partial charge in [0.2, 0.25) is 0 Å². The highest BCUT2D eigenvalue weighted by Gasteiger charge is 2.43. The number of halogens is 5. The molecular weight excluding hydrogens is 632 g/mol. The SMILES string of the molecule is O=C(OC(=O)C(F)(F)F)N(CCc1ccc(C2=NCCN2)cc1)CC1CCCC(NCS(=O)(=O)c2cccc(Cl)c2Cl)C1. The van der Waals surface area contributed by atoms with E-state index in [-0.39, 0.29) is 40.0 Å². The number of nitrogens with one attached hydrogen (secondary N) is 2. The third-order valence-electron chi connectivity index (χ3n) is 7.32. The molecule has 0 saturated heterocycles. The molecule has 15 heteroatoms. The van der Waals surface area contributed by atoms with Crippen molar-refractivity contribution in [2.75, 3.05) is 32.1 Å². The number of sulfone groups is 1. The summed E-state index contributed by atoms with van der Waals surface area (Å²) >= 11 is 12.1. The maximum absolute atomic E-state index is 12.9. The summed E-state index contributed by atoms with van der Waals surface area (Å²) < 4.78 is 68.4. The average Bonchev–Trinajstić information content (AvgIpc) is 3.51. The minimum atomic E-state index is -5.31. The Hall–Kier alpha value is -2.87. The Morgan fingerprint density at radius 2 is 1.86 bits per heavy atom. The summed E-state index contributed by atoms with van der Waals surface area (Å²) in [4.78, 5) is 29.5. The fraction of sp³-hybridized carbons (Fsp3) is 0.464. The molecule has 1 aliphatic heterocycles. The van der Waals surface area contributed by atoms with Crippen LogP contribution in [0.5, 0.6) is 0 Å². The van der Waals surface area contributed by atoms with Crippen molar-refractivity contribution in [1.82, 2.24) is 15.5 Å². The molecule has 234 valence electrons. The van der Waals surface area contributed by atoms with E-state index in [1.165, 1.54) is 18.2 Å². The van der Waals surface area contributed by atoms with Crippen LogP contribution in [-0.4, -0.2) is 75.5 Å². The predicted octanol–water partition coefficient (Wildman–Crippen LogP) is 4.99. The summed E-state index contributed by atoms with van der Waals surface area (Å²) in [6.45, 7) is 1.50. The van der Waals surface area contributed by atoms with Gasteiger partial charge in [-0.15, -0.1) is 0 Å². The van der Waals surface area contributed by atoms with Crippen LogP contribution in [0.4, 0.5) is 18.0 Å². The van der Waals surface area contributed by atoms with Crippen LogP contribution in [0.25, 0.3) is 0 Å². The van der Waals surface area contributed by atoms with Gasteiger partial charge in [0.25, 0.3) is 0 Å². The van der Waals surface area contributed by atoms with E-state index >= 15 is 0 Å². The van der Waals surface area contributed by atoms with Crippen molar-refractivity contribution in [3.05, 3.63) is 63.6 Å². The highest BCUT2D eigenvalue weighted by Crippen LogP contribution is 2.30. The van der Waals surface area contributed by atoms with E-state index in [4.69, 9.17) is 23.2 Å². The van der Waals surface area contributed by atoms with Gasteiger partial charge in [0.05, 0.1) is 21.5 Å².